The summed E-state index contributed by atoms with van der Waals surface area (Å²) in [5, 5.41) is 0. The van der Waals surface area contributed by atoms with E-state index in [1.54, 1.807) is 0 Å². The van der Waals surface area contributed by atoms with E-state index in [9.17, 15) is 0 Å². The molecule has 2 bridgehead atoms. The van der Waals surface area contributed by atoms with E-state index >= 15 is 0 Å². The summed E-state index contributed by atoms with van der Waals surface area (Å²) in [5.74, 6) is 3.13. The van der Waals surface area contributed by atoms with Crippen LogP contribution in [0.1, 0.15) is 32.6 Å². The lowest BCUT2D eigenvalue weighted by molar-refractivity contribution is 0.274. The first-order chi connectivity index (χ1) is 5.30. The molecule has 0 spiro atoms. The van der Waals surface area contributed by atoms with Crippen molar-refractivity contribution < 1.29 is 0 Å². The standard InChI is InChI=1S/C11H16/c1-11-6-5-8(7-11)9-3-2-4-10(9)11/h5-6,8-10H,2-4,7H2,1H3. The molecule has 0 radical (unpaired) electrons. The molecule has 60 valence electrons. The highest BCUT2D eigenvalue weighted by Crippen LogP contribution is 2.61. The highest BCUT2D eigenvalue weighted by Gasteiger charge is 2.53. The lowest BCUT2D eigenvalue weighted by Crippen LogP contribution is -2.20. The van der Waals surface area contributed by atoms with Gasteiger partial charge in [0.15, 0.2) is 0 Å². The normalized spacial score (nSPS) is 58.8. The Morgan fingerprint density at radius 1 is 1.36 bits per heavy atom. The van der Waals surface area contributed by atoms with Crippen molar-refractivity contribution in [3.63, 3.8) is 0 Å². The predicted molar refractivity (Wildman–Crippen MR) is 46.2 cm³/mol. The minimum atomic E-state index is 0.631. The summed E-state index contributed by atoms with van der Waals surface area (Å²) in [5.41, 5.74) is 0.631. The topological polar surface area (TPSA) is 0 Å². The molecular formula is C11H16. The Kier molecular flexibility index (Phi) is 0.987. The molecule has 0 nitrogen and oxygen atoms in total. The van der Waals surface area contributed by atoms with E-state index < -0.39 is 0 Å². The van der Waals surface area contributed by atoms with Crippen LogP contribution in [0.2, 0.25) is 0 Å². The molecule has 2 fully saturated rings. The van der Waals surface area contributed by atoms with Gasteiger partial charge in [-0.15, -0.1) is 0 Å². The summed E-state index contributed by atoms with van der Waals surface area (Å²) in [6.07, 6.45) is 11.0. The highest BCUT2D eigenvalue weighted by atomic mass is 14.6. The van der Waals surface area contributed by atoms with Crippen molar-refractivity contribution in [3.05, 3.63) is 12.2 Å². The molecule has 3 rings (SSSR count). The molecular weight excluding hydrogens is 132 g/mol. The first kappa shape index (κ1) is 6.28. The average Bonchev–Trinajstić information content (AvgIpc) is 2.53. The first-order valence-electron chi connectivity index (χ1n) is 4.99. The van der Waals surface area contributed by atoms with E-state index in [4.69, 9.17) is 0 Å². The van der Waals surface area contributed by atoms with E-state index in [-0.39, 0.29) is 0 Å². The summed E-state index contributed by atoms with van der Waals surface area (Å²) >= 11 is 0. The zero-order chi connectivity index (χ0) is 7.47. The van der Waals surface area contributed by atoms with Crippen LogP contribution >= 0.6 is 0 Å². The number of rotatable bonds is 0. The van der Waals surface area contributed by atoms with Crippen molar-refractivity contribution in [1.82, 2.24) is 0 Å². The number of fused-ring (bicyclic) bond motifs is 5. The molecule has 4 unspecified atom stereocenters. The van der Waals surface area contributed by atoms with Gasteiger partial charge in [0.1, 0.15) is 0 Å². The van der Waals surface area contributed by atoms with Gasteiger partial charge in [-0.3, -0.25) is 0 Å². The Balaban J connectivity index is 2.04. The zero-order valence-corrected chi connectivity index (χ0v) is 7.22. The van der Waals surface area contributed by atoms with Gasteiger partial charge in [-0.1, -0.05) is 25.5 Å². The third kappa shape index (κ3) is 0.617. The minimum absolute atomic E-state index is 0.631. The maximum absolute atomic E-state index is 2.50. The quantitative estimate of drug-likeness (QED) is 0.463. The third-order valence-corrected chi connectivity index (χ3v) is 4.37. The van der Waals surface area contributed by atoms with Gasteiger partial charge >= 0.3 is 0 Å². The van der Waals surface area contributed by atoms with Crippen LogP contribution in [-0.2, 0) is 0 Å². The summed E-state index contributed by atoms with van der Waals surface area (Å²) in [4.78, 5) is 0. The van der Waals surface area contributed by atoms with Crippen molar-refractivity contribution in [3.8, 4) is 0 Å². The minimum Gasteiger partial charge on any atom is -0.0845 e. The van der Waals surface area contributed by atoms with Crippen LogP contribution in [0.3, 0.4) is 0 Å². The van der Waals surface area contributed by atoms with Crippen molar-refractivity contribution in [2.75, 3.05) is 0 Å². The van der Waals surface area contributed by atoms with Gasteiger partial charge in [-0.2, -0.15) is 0 Å². The summed E-state index contributed by atoms with van der Waals surface area (Å²) in [6.45, 7) is 2.47. The molecule has 3 aliphatic carbocycles. The van der Waals surface area contributed by atoms with Crippen molar-refractivity contribution >= 4 is 0 Å². The molecule has 3 aliphatic rings. The first-order valence-corrected chi connectivity index (χ1v) is 4.99. The summed E-state index contributed by atoms with van der Waals surface area (Å²) < 4.78 is 0. The van der Waals surface area contributed by atoms with Crippen molar-refractivity contribution in [2.45, 2.75) is 32.6 Å². The van der Waals surface area contributed by atoms with Gasteiger partial charge in [0, 0.05) is 0 Å². The fraction of sp³-hybridized carbons (Fsp3) is 0.818. The average molecular weight is 148 g/mol. The van der Waals surface area contributed by atoms with Crippen LogP contribution in [0.15, 0.2) is 12.2 Å². The molecule has 0 N–H and O–H groups in total. The molecule has 0 amide bonds. The molecule has 0 aromatic carbocycles. The molecule has 11 heavy (non-hydrogen) atoms. The monoisotopic (exact) mass is 148 g/mol. The molecule has 0 heteroatoms. The van der Waals surface area contributed by atoms with Gasteiger partial charge in [0.25, 0.3) is 0 Å². The van der Waals surface area contributed by atoms with Crippen LogP contribution in [0, 0.1) is 23.2 Å². The van der Waals surface area contributed by atoms with E-state index in [0.29, 0.717) is 5.41 Å². The van der Waals surface area contributed by atoms with Crippen LogP contribution in [-0.4, -0.2) is 0 Å². The van der Waals surface area contributed by atoms with Crippen molar-refractivity contribution in [2.24, 2.45) is 23.2 Å². The summed E-state index contributed by atoms with van der Waals surface area (Å²) in [7, 11) is 0. The Labute approximate surface area is 68.7 Å². The zero-order valence-electron chi connectivity index (χ0n) is 7.22. The molecule has 0 aliphatic heterocycles. The Morgan fingerprint density at radius 3 is 3.09 bits per heavy atom. The maximum Gasteiger partial charge on any atom is -0.0110 e. The molecule has 4 atom stereocenters. The SMILES string of the molecule is CC12C=CC(C1)C1CCCC12. The van der Waals surface area contributed by atoms with E-state index in [0.717, 1.165) is 17.8 Å². The van der Waals surface area contributed by atoms with Gasteiger partial charge < -0.3 is 0 Å². The van der Waals surface area contributed by atoms with Gasteiger partial charge in [-0.05, 0) is 42.4 Å². The largest absolute Gasteiger partial charge is 0.0845 e. The Hall–Kier alpha value is -0.260. The molecule has 0 heterocycles. The lowest BCUT2D eigenvalue weighted by atomic mass is 9.77. The second-order valence-electron chi connectivity index (χ2n) is 4.93. The van der Waals surface area contributed by atoms with Gasteiger partial charge in [0.05, 0.1) is 0 Å². The molecule has 0 aromatic heterocycles. The van der Waals surface area contributed by atoms with E-state index in [1.807, 2.05) is 0 Å². The number of allylic oxidation sites excluding steroid dienone is 2. The lowest BCUT2D eigenvalue weighted by Gasteiger charge is -2.28. The van der Waals surface area contributed by atoms with Crippen LogP contribution in [0.4, 0.5) is 0 Å². The highest BCUT2D eigenvalue weighted by molar-refractivity contribution is 5.20. The molecule has 0 aromatic rings. The van der Waals surface area contributed by atoms with Crippen LogP contribution in [0.25, 0.3) is 0 Å². The number of hydrogen-bond donors (Lipinski definition) is 0. The van der Waals surface area contributed by atoms with Crippen LogP contribution in [0.5, 0.6) is 0 Å². The number of hydrogen-bond acceptors (Lipinski definition) is 0. The molecule has 2 saturated carbocycles. The van der Waals surface area contributed by atoms with E-state index in [1.165, 1.54) is 25.7 Å². The Morgan fingerprint density at radius 2 is 2.27 bits per heavy atom. The van der Waals surface area contributed by atoms with E-state index in [2.05, 4.69) is 19.1 Å². The second kappa shape index (κ2) is 1.73. The van der Waals surface area contributed by atoms with Gasteiger partial charge in [0.2, 0.25) is 0 Å². The van der Waals surface area contributed by atoms with Crippen LogP contribution < -0.4 is 0 Å². The smallest absolute Gasteiger partial charge is 0.0110 e. The second-order valence-corrected chi connectivity index (χ2v) is 4.93. The predicted octanol–water partition coefficient (Wildman–Crippen LogP) is 3.00. The molecule has 0 saturated heterocycles. The third-order valence-electron chi connectivity index (χ3n) is 4.37. The fourth-order valence-corrected chi connectivity index (χ4v) is 3.88. The Bertz CT molecular complexity index is 216. The van der Waals surface area contributed by atoms with Crippen molar-refractivity contribution in [1.29, 1.82) is 0 Å². The van der Waals surface area contributed by atoms with Gasteiger partial charge in [-0.25, -0.2) is 0 Å². The summed E-state index contributed by atoms with van der Waals surface area (Å²) in [6, 6.07) is 0. The maximum atomic E-state index is 2.50. The fourth-order valence-electron chi connectivity index (χ4n) is 3.88.